The van der Waals surface area contributed by atoms with Crippen molar-refractivity contribution in [2.24, 2.45) is 0 Å². The molecule has 0 saturated carbocycles. The number of hydrogen-bond acceptors (Lipinski definition) is 6. The molecule has 1 heterocycles. The van der Waals surface area contributed by atoms with Crippen molar-refractivity contribution in [1.82, 2.24) is 4.57 Å². The van der Waals surface area contributed by atoms with E-state index in [9.17, 15) is 19.5 Å². The van der Waals surface area contributed by atoms with Crippen molar-refractivity contribution in [2.75, 3.05) is 13.7 Å². The Morgan fingerprint density at radius 1 is 0.889 bits per heavy atom. The second-order valence-corrected chi connectivity index (χ2v) is 9.47. The van der Waals surface area contributed by atoms with E-state index in [1.807, 2.05) is 52.2 Å². The SMILES string of the molecule is COC(=O)c1ccc(-n2c(C)cc(C(=O)COC(=O)c3cc(C(C)C)cc(C(C)C)c3O)c2C)cc1. The summed E-state index contributed by atoms with van der Waals surface area (Å²) in [5.41, 5.74) is 4.79. The lowest BCUT2D eigenvalue weighted by molar-refractivity contribution is 0.0471. The summed E-state index contributed by atoms with van der Waals surface area (Å²) >= 11 is 0. The highest BCUT2D eigenvalue weighted by molar-refractivity contribution is 6.01. The molecular formula is C29H33NO6. The predicted octanol–water partition coefficient (Wildman–Crippen LogP) is 5.87. The van der Waals surface area contributed by atoms with Gasteiger partial charge in [-0.15, -0.1) is 0 Å². The molecule has 0 aliphatic rings. The zero-order chi connectivity index (χ0) is 26.7. The number of aromatic nitrogens is 1. The van der Waals surface area contributed by atoms with Crippen molar-refractivity contribution in [2.45, 2.75) is 53.4 Å². The zero-order valence-electron chi connectivity index (χ0n) is 21.8. The van der Waals surface area contributed by atoms with Crippen molar-refractivity contribution in [3.63, 3.8) is 0 Å². The molecule has 0 spiro atoms. The van der Waals surface area contributed by atoms with Crippen LogP contribution in [0.4, 0.5) is 0 Å². The third-order valence-electron chi connectivity index (χ3n) is 6.28. The van der Waals surface area contributed by atoms with Crippen LogP contribution in [-0.2, 0) is 9.47 Å². The first-order chi connectivity index (χ1) is 17.0. The highest BCUT2D eigenvalue weighted by Crippen LogP contribution is 2.33. The summed E-state index contributed by atoms with van der Waals surface area (Å²) in [4.78, 5) is 37.6. The fourth-order valence-electron chi connectivity index (χ4n) is 4.20. The number of rotatable bonds is 8. The van der Waals surface area contributed by atoms with Crippen LogP contribution in [0.1, 0.15) is 93.1 Å². The largest absolute Gasteiger partial charge is 0.507 e. The van der Waals surface area contributed by atoms with Crippen molar-refractivity contribution in [3.8, 4) is 11.4 Å². The lowest BCUT2D eigenvalue weighted by Gasteiger charge is -2.16. The molecular weight excluding hydrogens is 458 g/mol. The highest BCUT2D eigenvalue weighted by atomic mass is 16.5. The average molecular weight is 492 g/mol. The lowest BCUT2D eigenvalue weighted by atomic mass is 9.92. The lowest BCUT2D eigenvalue weighted by Crippen LogP contribution is -2.16. The standard InChI is InChI=1S/C29H33NO6/c1-16(2)21-13-23(17(3)4)27(32)25(14-21)29(34)36-15-26(31)24-12-18(5)30(19(24)6)22-10-8-20(9-11-22)28(33)35-7/h8-14,16-17,32H,15H2,1-7H3. The van der Waals surface area contributed by atoms with Crippen LogP contribution in [0.2, 0.25) is 0 Å². The number of aromatic hydroxyl groups is 1. The van der Waals surface area contributed by atoms with Gasteiger partial charge < -0.3 is 19.1 Å². The van der Waals surface area contributed by atoms with E-state index < -0.39 is 18.5 Å². The Labute approximate surface area is 211 Å². The molecule has 3 rings (SSSR count). The summed E-state index contributed by atoms with van der Waals surface area (Å²) in [5.74, 6) is -1.45. The maximum atomic E-state index is 13.0. The van der Waals surface area contributed by atoms with Gasteiger partial charge in [0, 0.05) is 22.6 Å². The van der Waals surface area contributed by atoms with Crippen LogP contribution in [0.3, 0.4) is 0 Å². The number of carbonyl (C=O) groups is 3. The van der Waals surface area contributed by atoms with Gasteiger partial charge in [0.2, 0.25) is 5.78 Å². The molecule has 0 unspecified atom stereocenters. The number of ketones is 1. The molecule has 2 aromatic carbocycles. The molecule has 0 atom stereocenters. The maximum absolute atomic E-state index is 13.0. The molecule has 0 amide bonds. The number of hydrogen-bond donors (Lipinski definition) is 1. The zero-order valence-corrected chi connectivity index (χ0v) is 21.8. The molecule has 1 N–H and O–H groups in total. The highest BCUT2D eigenvalue weighted by Gasteiger charge is 2.23. The van der Waals surface area contributed by atoms with Gasteiger partial charge in [-0.3, -0.25) is 4.79 Å². The number of phenols is 1. The van der Waals surface area contributed by atoms with E-state index in [0.29, 0.717) is 22.4 Å². The topological polar surface area (TPSA) is 94.8 Å². The molecule has 1 aromatic heterocycles. The van der Waals surface area contributed by atoms with Gasteiger partial charge in [-0.25, -0.2) is 9.59 Å². The van der Waals surface area contributed by atoms with Crippen LogP contribution in [-0.4, -0.2) is 41.1 Å². The fourth-order valence-corrected chi connectivity index (χ4v) is 4.20. The van der Waals surface area contributed by atoms with Crippen LogP contribution in [0.5, 0.6) is 5.75 Å². The molecule has 36 heavy (non-hydrogen) atoms. The van der Waals surface area contributed by atoms with E-state index in [1.165, 1.54) is 7.11 Å². The number of nitrogens with zero attached hydrogens (tertiary/aromatic N) is 1. The number of Topliss-reactive ketones (excluding diaryl/α,β-unsaturated/α-hetero) is 1. The van der Waals surface area contributed by atoms with E-state index >= 15 is 0 Å². The van der Waals surface area contributed by atoms with Gasteiger partial charge >= 0.3 is 11.9 Å². The maximum Gasteiger partial charge on any atom is 0.342 e. The minimum absolute atomic E-state index is 0.0176. The molecule has 7 nitrogen and oxygen atoms in total. The summed E-state index contributed by atoms with van der Waals surface area (Å²) in [5, 5.41) is 10.7. The number of esters is 2. The number of ether oxygens (including phenoxy) is 2. The summed E-state index contributed by atoms with van der Waals surface area (Å²) < 4.78 is 12.0. The second kappa shape index (κ2) is 10.8. The minimum atomic E-state index is -0.738. The minimum Gasteiger partial charge on any atom is -0.507 e. The molecule has 0 aliphatic heterocycles. The number of carbonyl (C=O) groups excluding carboxylic acids is 3. The van der Waals surface area contributed by atoms with Crippen molar-refractivity contribution in [1.29, 1.82) is 0 Å². The number of aryl methyl sites for hydroxylation is 1. The van der Waals surface area contributed by atoms with Crippen LogP contribution in [0.15, 0.2) is 42.5 Å². The molecule has 0 saturated heterocycles. The molecule has 190 valence electrons. The molecule has 0 radical (unpaired) electrons. The summed E-state index contributed by atoms with van der Waals surface area (Å²) in [6.45, 7) is 11.1. The van der Waals surface area contributed by atoms with E-state index in [2.05, 4.69) is 0 Å². The quantitative estimate of drug-likeness (QED) is 0.313. The Hall–Kier alpha value is -3.87. The Morgan fingerprint density at radius 3 is 2.08 bits per heavy atom. The molecule has 0 bridgehead atoms. The van der Waals surface area contributed by atoms with E-state index in [0.717, 1.165) is 16.9 Å². The van der Waals surface area contributed by atoms with Crippen molar-refractivity contribution >= 4 is 17.7 Å². The third-order valence-corrected chi connectivity index (χ3v) is 6.28. The number of phenolic OH excluding ortho intramolecular Hbond substituents is 1. The molecule has 3 aromatic rings. The van der Waals surface area contributed by atoms with E-state index in [-0.39, 0.29) is 28.9 Å². The summed E-state index contributed by atoms with van der Waals surface area (Å²) in [7, 11) is 1.33. The Balaban J connectivity index is 1.82. The van der Waals surface area contributed by atoms with Crippen molar-refractivity contribution < 1.29 is 29.0 Å². The van der Waals surface area contributed by atoms with Gasteiger partial charge in [-0.2, -0.15) is 0 Å². The van der Waals surface area contributed by atoms with Crippen molar-refractivity contribution in [3.05, 3.63) is 81.7 Å². The van der Waals surface area contributed by atoms with Crippen LogP contribution < -0.4 is 0 Å². The average Bonchev–Trinajstić information content (AvgIpc) is 3.15. The fraction of sp³-hybridized carbons (Fsp3) is 0.345. The van der Waals surface area contributed by atoms with E-state index in [1.54, 1.807) is 36.4 Å². The Bertz CT molecular complexity index is 1300. The van der Waals surface area contributed by atoms with Gasteiger partial charge in [-0.05, 0) is 73.2 Å². The summed E-state index contributed by atoms with van der Waals surface area (Å²) in [6.07, 6.45) is 0. The van der Waals surface area contributed by atoms with Gasteiger partial charge in [0.15, 0.2) is 6.61 Å². The molecule has 0 fully saturated rings. The van der Waals surface area contributed by atoms with Crippen LogP contribution in [0, 0.1) is 13.8 Å². The van der Waals surface area contributed by atoms with Gasteiger partial charge in [0.25, 0.3) is 0 Å². The first-order valence-corrected chi connectivity index (χ1v) is 11.9. The first kappa shape index (κ1) is 26.7. The van der Waals surface area contributed by atoms with Crippen LogP contribution in [0.25, 0.3) is 5.69 Å². The monoisotopic (exact) mass is 491 g/mol. The van der Waals surface area contributed by atoms with E-state index in [4.69, 9.17) is 9.47 Å². The summed E-state index contributed by atoms with van der Waals surface area (Å²) in [6, 6.07) is 12.1. The molecule has 7 heteroatoms. The Kier molecular flexibility index (Phi) is 8.03. The predicted molar refractivity (Wildman–Crippen MR) is 137 cm³/mol. The van der Waals surface area contributed by atoms with Crippen LogP contribution >= 0.6 is 0 Å². The van der Waals surface area contributed by atoms with Gasteiger partial charge in [-0.1, -0.05) is 33.8 Å². The smallest absolute Gasteiger partial charge is 0.342 e. The second-order valence-electron chi connectivity index (χ2n) is 9.47. The van der Waals surface area contributed by atoms with Gasteiger partial charge in [0.05, 0.1) is 12.7 Å². The number of methoxy groups -OCH3 is 1. The normalized spacial score (nSPS) is 11.1. The number of benzene rings is 2. The van der Waals surface area contributed by atoms with Gasteiger partial charge in [0.1, 0.15) is 11.3 Å². The first-order valence-electron chi connectivity index (χ1n) is 11.9. The third kappa shape index (κ3) is 5.35. The molecule has 0 aliphatic carbocycles. The Morgan fingerprint density at radius 2 is 1.53 bits per heavy atom.